The van der Waals surface area contributed by atoms with Gasteiger partial charge in [0.25, 0.3) is 5.91 Å². The van der Waals surface area contributed by atoms with Crippen LogP contribution in [0.3, 0.4) is 0 Å². The van der Waals surface area contributed by atoms with Crippen molar-refractivity contribution in [2.45, 2.75) is 18.5 Å². The Kier molecular flexibility index (Phi) is 7.43. The van der Waals surface area contributed by atoms with Gasteiger partial charge in [-0.1, -0.05) is 0 Å². The number of hydrogen-bond acceptors (Lipinski definition) is 4. The van der Waals surface area contributed by atoms with Crippen molar-refractivity contribution >= 4 is 17.7 Å². The van der Waals surface area contributed by atoms with Crippen LogP contribution in [-0.2, 0) is 23.3 Å². The lowest BCUT2D eigenvalue weighted by molar-refractivity contribution is -0.143. The molecule has 0 spiro atoms. The predicted octanol–water partition coefficient (Wildman–Crippen LogP) is 5.83. The van der Waals surface area contributed by atoms with Crippen LogP contribution in [0.5, 0.6) is 5.75 Å². The summed E-state index contributed by atoms with van der Waals surface area (Å²) in [4.78, 5) is 26.2. The first-order valence-corrected chi connectivity index (χ1v) is 9.92. The summed E-state index contributed by atoms with van der Waals surface area (Å²) in [6.45, 7) is 0.440. The van der Waals surface area contributed by atoms with Gasteiger partial charge in [-0.15, -0.1) is 0 Å². The highest BCUT2D eigenvalue weighted by Crippen LogP contribution is 2.38. The van der Waals surface area contributed by atoms with Gasteiger partial charge in [0, 0.05) is 18.8 Å². The summed E-state index contributed by atoms with van der Waals surface area (Å²) in [5.74, 6) is -2.24. The molecular weight excluding hydrogens is 515 g/mol. The summed E-state index contributed by atoms with van der Waals surface area (Å²) in [7, 11) is 0. The molecule has 15 heteroatoms. The SMILES string of the molecule is O=C(Nc1cc(C(F)(F)F)cc(C(F)(F)F)c1)c1cc(C(F)(F)F)ccc1OC(=O)N1CCOCC1. The predicted molar refractivity (Wildman–Crippen MR) is 104 cm³/mol. The van der Waals surface area contributed by atoms with E-state index < -0.39 is 64.2 Å². The molecule has 36 heavy (non-hydrogen) atoms. The van der Waals surface area contributed by atoms with Gasteiger partial charge in [0.2, 0.25) is 0 Å². The second-order valence-corrected chi connectivity index (χ2v) is 7.42. The third kappa shape index (κ3) is 6.59. The van der Waals surface area contributed by atoms with E-state index in [1.165, 1.54) is 0 Å². The van der Waals surface area contributed by atoms with Crippen LogP contribution in [0.15, 0.2) is 36.4 Å². The Bertz CT molecular complexity index is 1110. The molecule has 0 aliphatic carbocycles. The van der Waals surface area contributed by atoms with E-state index in [2.05, 4.69) is 0 Å². The first-order valence-electron chi connectivity index (χ1n) is 9.92. The Balaban J connectivity index is 1.99. The van der Waals surface area contributed by atoms with Gasteiger partial charge in [-0.3, -0.25) is 4.79 Å². The number of alkyl halides is 9. The second-order valence-electron chi connectivity index (χ2n) is 7.42. The van der Waals surface area contributed by atoms with E-state index >= 15 is 0 Å². The van der Waals surface area contributed by atoms with Crippen LogP contribution in [0, 0.1) is 0 Å². The number of carbonyl (C=O) groups is 2. The minimum Gasteiger partial charge on any atom is -0.409 e. The van der Waals surface area contributed by atoms with E-state index in [0.717, 1.165) is 4.90 Å². The van der Waals surface area contributed by atoms with Gasteiger partial charge in [-0.25, -0.2) is 4.79 Å². The topological polar surface area (TPSA) is 67.9 Å². The van der Waals surface area contributed by atoms with Gasteiger partial charge in [-0.2, -0.15) is 39.5 Å². The van der Waals surface area contributed by atoms with Gasteiger partial charge in [0.1, 0.15) is 5.75 Å². The number of nitrogens with one attached hydrogen (secondary N) is 1. The zero-order chi connectivity index (χ0) is 26.9. The molecule has 0 atom stereocenters. The number of amides is 2. The van der Waals surface area contributed by atoms with Crippen LogP contribution in [0.2, 0.25) is 0 Å². The molecule has 1 heterocycles. The summed E-state index contributed by atoms with van der Waals surface area (Å²) in [6.07, 6.45) is -16.5. The fourth-order valence-electron chi connectivity index (χ4n) is 3.10. The molecule has 2 aromatic rings. The number of hydrogen-bond donors (Lipinski definition) is 1. The van der Waals surface area contributed by atoms with Gasteiger partial charge in [0.15, 0.2) is 0 Å². The summed E-state index contributed by atoms with van der Waals surface area (Å²) in [6, 6.07) is 1.57. The molecule has 0 bridgehead atoms. The Labute approximate surface area is 196 Å². The normalized spacial score (nSPS) is 15.0. The minimum atomic E-state index is -5.23. The Morgan fingerprint density at radius 1 is 0.778 bits per heavy atom. The molecule has 1 saturated heterocycles. The van der Waals surface area contributed by atoms with Crippen LogP contribution >= 0.6 is 0 Å². The molecule has 2 aromatic carbocycles. The number of ether oxygens (including phenoxy) is 2. The van der Waals surface area contributed by atoms with Gasteiger partial charge in [-0.05, 0) is 36.4 Å². The molecule has 0 saturated carbocycles. The Hall–Kier alpha value is -3.49. The van der Waals surface area contributed by atoms with Gasteiger partial charge in [0.05, 0.1) is 35.5 Å². The highest BCUT2D eigenvalue weighted by Gasteiger charge is 2.37. The van der Waals surface area contributed by atoms with Gasteiger partial charge >= 0.3 is 24.6 Å². The van der Waals surface area contributed by atoms with Crippen molar-refractivity contribution < 1.29 is 58.6 Å². The monoisotopic (exact) mass is 530 g/mol. The fraction of sp³-hybridized carbons (Fsp3) is 0.333. The van der Waals surface area contributed by atoms with E-state index in [-0.39, 0.29) is 50.6 Å². The number of carbonyl (C=O) groups excluding carboxylic acids is 2. The first-order chi connectivity index (χ1) is 16.6. The molecule has 1 fully saturated rings. The zero-order valence-corrected chi connectivity index (χ0v) is 17.8. The lowest BCUT2D eigenvalue weighted by Crippen LogP contribution is -2.42. The highest BCUT2D eigenvalue weighted by molar-refractivity contribution is 6.06. The number of benzene rings is 2. The number of halogens is 9. The van der Waals surface area contributed by atoms with Crippen LogP contribution in [0.1, 0.15) is 27.0 Å². The van der Waals surface area contributed by atoms with E-state index in [4.69, 9.17) is 9.47 Å². The summed E-state index contributed by atoms with van der Waals surface area (Å²) in [5, 5.41) is 1.72. The molecule has 6 nitrogen and oxygen atoms in total. The van der Waals surface area contributed by atoms with Crippen LogP contribution in [0.4, 0.5) is 50.0 Å². The molecule has 0 unspecified atom stereocenters. The average molecular weight is 530 g/mol. The molecule has 1 aliphatic rings. The maximum Gasteiger partial charge on any atom is 0.416 e. The fourth-order valence-corrected chi connectivity index (χ4v) is 3.10. The standard InChI is InChI=1S/C21H15F9N2O4/c22-19(23,24)11-1-2-16(36-18(34)32-3-5-35-6-4-32)15(10-11)17(33)31-14-8-12(20(25,26)27)7-13(9-14)21(28,29)30/h1-2,7-10H,3-6H2,(H,31,33). The lowest BCUT2D eigenvalue weighted by atomic mass is 10.1. The lowest BCUT2D eigenvalue weighted by Gasteiger charge is -2.26. The molecule has 1 N–H and O–H groups in total. The zero-order valence-electron chi connectivity index (χ0n) is 17.8. The van der Waals surface area contributed by atoms with Crippen molar-refractivity contribution in [3.8, 4) is 5.75 Å². The smallest absolute Gasteiger partial charge is 0.409 e. The number of morpholine rings is 1. The Morgan fingerprint density at radius 3 is 1.81 bits per heavy atom. The average Bonchev–Trinajstić information content (AvgIpc) is 2.77. The number of anilines is 1. The first kappa shape index (κ1) is 27.1. The molecule has 0 radical (unpaired) electrons. The second kappa shape index (κ2) is 9.87. The van der Waals surface area contributed by atoms with Crippen molar-refractivity contribution in [3.05, 3.63) is 58.7 Å². The summed E-state index contributed by atoms with van der Waals surface area (Å²) < 4.78 is 128. The number of rotatable bonds is 3. The minimum absolute atomic E-state index is 0.0749. The van der Waals surface area contributed by atoms with Crippen LogP contribution < -0.4 is 10.1 Å². The van der Waals surface area contributed by atoms with Crippen molar-refractivity contribution in [3.63, 3.8) is 0 Å². The van der Waals surface area contributed by atoms with E-state index in [9.17, 15) is 49.1 Å². The summed E-state index contributed by atoms with van der Waals surface area (Å²) >= 11 is 0. The van der Waals surface area contributed by atoms with Crippen molar-refractivity contribution in [1.29, 1.82) is 0 Å². The van der Waals surface area contributed by atoms with E-state index in [1.54, 1.807) is 5.32 Å². The van der Waals surface area contributed by atoms with Crippen LogP contribution in [0.25, 0.3) is 0 Å². The largest absolute Gasteiger partial charge is 0.416 e. The third-order valence-corrected chi connectivity index (χ3v) is 4.86. The molecule has 0 aromatic heterocycles. The van der Waals surface area contributed by atoms with E-state index in [1.807, 2.05) is 0 Å². The maximum atomic E-state index is 13.2. The molecule has 2 amide bonds. The Morgan fingerprint density at radius 2 is 1.31 bits per heavy atom. The van der Waals surface area contributed by atoms with Gasteiger partial charge < -0.3 is 19.7 Å². The van der Waals surface area contributed by atoms with E-state index in [0.29, 0.717) is 12.1 Å². The maximum absolute atomic E-state index is 13.2. The molecular formula is C21H15F9N2O4. The highest BCUT2D eigenvalue weighted by atomic mass is 19.4. The number of nitrogens with zero attached hydrogens (tertiary/aromatic N) is 1. The van der Waals surface area contributed by atoms with Crippen molar-refractivity contribution in [1.82, 2.24) is 4.90 Å². The molecule has 1 aliphatic heterocycles. The quantitative estimate of drug-likeness (QED) is 0.508. The van der Waals surface area contributed by atoms with Crippen molar-refractivity contribution in [2.24, 2.45) is 0 Å². The molecule has 3 rings (SSSR count). The molecule has 196 valence electrons. The van der Waals surface area contributed by atoms with Crippen LogP contribution in [-0.4, -0.2) is 43.2 Å². The summed E-state index contributed by atoms with van der Waals surface area (Å²) in [5.41, 5.74) is -6.83. The van der Waals surface area contributed by atoms with Crippen molar-refractivity contribution in [2.75, 3.05) is 31.6 Å². The third-order valence-electron chi connectivity index (χ3n) is 4.86.